The number of amides is 2. The summed E-state index contributed by atoms with van der Waals surface area (Å²) in [6, 6.07) is 12.8. The quantitative estimate of drug-likeness (QED) is 0.744. The molecular formula is C21H23N3O3. The smallest absolute Gasteiger partial charge is 0.257 e. The monoisotopic (exact) mass is 365 g/mol. The number of furan rings is 1. The zero-order chi connectivity index (χ0) is 19.6. The Labute approximate surface area is 158 Å². The van der Waals surface area contributed by atoms with E-state index in [4.69, 9.17) is 4.42 Å². The van der Waals surface area contributed by atoms with Crippen LogP contribution in [0.3, 0.4) is 0 Å². The lowest BCUT2D eigenvalue weighted by molar-refractivity contribution is -0.116. The predicted octanol–water partition coefficient (Wildman–Crippen LogP) is 3.98. The summed E-state index contributed by atoms with van der Waals surface area (Å²) >= 11 is 0. The van der Waals surface area contributed by atoms with E-state index in [0.717, 1.165) is 22.8 Å². The Balaban J connectivity index is 1.75. The maximum absolute atomic E-state index is 12.7. The summed E-state index contributed by atoms with van der Waals surface area (Å²) < 4.78 is 7.46. The fourth-order valence-corrected chi connectivity index (χ4v) is 2.98. The van der Waals surface area contributed by atoms with Gasteiger partial charge in [0.05, 0.1) is 18.4 Å². The molecule has 0 saturated heterocycles. The van der Waals surface area contributed by atoms with E-state index in [1.807, 2.05) is 32.0 Å². The van der Waals surface area contributed by atoms with E-state index in [2.05, 4.69) is 9.88 Å². The van der Waals surface area contributed by atoms with Crippen LogP contribution >= 0.6 is 0 Å². The van der Waals surface area contributed by atoms with Crippen LogP contribution in [0.15, 0.2) is 53.1 Å². The van der Waals surface area contributed by atoms with Crippen molar-refractivity contribution in [3.8, 4) is 0 Å². The fourth-order valence-electron chi connectivity index (χ4n) is 2.98. The average Bonchev–Trinajstić information content (AvgIpc) is 3.25. The molecule has 0 unspecified atom stereocenters. The van der Waals surface area contributed by atoms with Gasteiger partial charge in [-0.25, -0.2) is 0 Å². The van der Waals surface area contributed by atoms with Gasteiger partial charge in [0, 0.05) is 36.7 Å². The number of nitrogens with one attached hydrogen (secondary N) is 1. The van der Waals surface area contributed by atoms with Gasteiger partial charge < -0.3 is 19.2 Å². The first-order valence-corrected chi connectivity index (χ1v) is 8.71. The maximum atomic E-state index is 12.7. The zero-order valence-electron chi connectivity index (χ0n) is 15.9. The van der Waals surface area contributed by atoms with Crippen molar-refractivity contribution in [3.05, 3.63) is 71.4 Å². The highest BCUT2D eigenvalue weighted by atomic mass is 16.3. The number of carbonyl (C=O) groups is 2. The summed E-state index contributed by atoms with van der Waals surface area (Å²) in [6.07, 6.45) is 1.64. The Bertz CT molecular complexity index is 953. The molecule has 0 aliphatic carbocycles. The molecule has 0 saturated carbocycles. The minimum atomic E-state index is -0.165. The minimum absolute atomic E-state index is 0.0456. The fraction of sp³-hybridized carbons (Fsp3) is 0.238. The van der Waals surface area contributed by atoms with Crippen molar-refractivity contribution in [2.45, 2.75) is 27.3 Å². The normalized spacial score (nSPS) is 10.7. The van der Waals surface area contributed by atoms with Crippen LogP contribution in [-0.2, 0) is 11.3 Å². The molecule has 2 amide bonds. The van der Waals surface area contributed by atoms with Crippen LogP contribution in [0.2, 0.25) is 0 Å². The molecule has 3 aromatic rings. The van der Waals surface area contributed by atoms with Crippen molar-refractivity contribution in [2.24, 2.45) is 0 Å². The Kier molecular flexibility index (Phi) is 5.16. The van der Waals surface area contributed by atoms with Gasteiger partial charge in [-0.1, -0.05) is 0 Å². The number of carbonyl (C=O) groups excluding carboxylic acids is 2. The zero-order valence-corrected chi connectivity index (χ0v) is 15.9. The Morgan fingerprint density at radius 1 is 1.15 bits per heavy atom. The first-order chi connectivity index (χ1) is 12.9. The van der Waals surface area contributed by atoms with Gasteiger partial charge in [0.15, 0.2) is 0 Å². The Morgan fingerprint density at radius 3 is 2.44 bits per heavy atom. The molecule has 0 aliphatic rings. The van der Waals surface area contributed by atoms with Crippen molar-refractivity contribution < 1.29 is 14.0 Å². The molecule has 1 N–H and O–H groups in total. The number of hydrogen-bond donors (Lipinski definition) is 1. The second-order valence-corrected chi connectivity index (χ2v) is 6.53. The second kappa shape index (κ2) is 7.53. The summed E-state index contributed by atoms with van der Waals surface area (Å²) in [4.78, 5) is 25.7. The molecule has 140 valence electrons. The highest BCUT2D eigenvalue weighted by Crippen LogP contribution is 2.21. The topological polar surface area (TPSA) is 67.5 Å². The largest absolute Gasteiger partial charge is 0.467 e. The van der Waals surface area contributed by atoms with Crippen LogP contribution in [0.4, 0.5) is 11.4 Å². The Morgan fingerprint density at radius 2 is 1.85 bits per heavy atom. The van der Waals surface area contributed by atoms with Crippen molar-refractivity contribution in [3.63, 3.8) is 0 Å². The molecular weight excluding hydrogens is 342 g/mol. The number of hydrogen-bond acceptors (Lipinski definition) is 3. The SMILES string of the molecule is CC(=O)N(C)c1ccc(NC(=O)c2cc(C)n(Cc3ccco3)c2C)cc1. The van der Waals surface area contributed by atoms with Gasteiger partial charge in [0.2, 0.25) is 5.91 Å². The molecule has 6 heteroatoms. The molecule has 6 nitrogen and oxygen atoms in total. The third kappa shape index (κ3) is 3.95. The molecule has 2 heterocycles. The number of anilines is 2. The van der Waals surface area contributed by atoms with Gasteiger partial charge in [-0.2, -0.15) is 0 Å². The lowest BCUT2D eigenvalue weighted by Crippen LogP contribution is -2.22. The molecule has 2 aromatic heterocycles. The maximum Gasteiger partial charge on any atom is 0.257 e. The van der Waals surface area contributed by atoms with Crippen LogP contribution in [0.5, 0.6) is 0 Å². The lowest BCUT2D eigenvalue weighted by Gasteiger charge is -2.15. The van der Waals surface area contributed by atoms with Crippen LogP contribution in [0.1, 0.15) is 34.4 Å². The van der Waals surface area contributed by atoms with E-state index in [1.165, 1.54) is 6.92 Å². The van der Waals surface area contributed by atoms with Gasteiger partial charge >= 0.3 is 0 Å². The van der Waals surface area contributed by atoms with E-state index in [9.17, 15) is 9.59 Å². The van der Waals surface area contributed by atoms with Crippen LogP contribution in [-0.4, -0.2) is 23.4 Å². The molecule has 0 fully saturated rings. The van der Waals surface area contributed by atoms with Crippen molar-refractivity contribution in [1.29, 1.82) is 0 Å². The minimum Gasteiger partial charge on any atom is -0.467 e. The van der Waals surface area contributed by atoms with Crippen molar-refractivity contribution in [2.75, 3.05) is 17.3 Å². The predicted molar refractivity (Wildman–Crippen MR) is 105 cm³/mol. The first kappa shape index (κ1) is 18.5. The molecule has 1 aromatic carbocycles. The molecule has 0 aliphatic heterocycles. The number of benzene rings is 1. The second-order valence-electron chi connectivity index (χ2n) is 6.53. The third-order valence-electron chi connectivity index (χ3n) is 4.70. The lowest BCUT2D eigenvalue weighted by atomic mass is 10.2. The van der Waals surface area contributed by atoms with Crippen molar-refractivity contribution in [1.82, 2.24) is 4.57 Å². The van der Waals surface area contributed by atoms with Gasteiger partial charge in [-0.3, -0.25) is 9.59 Å². The average molecular weight is 365 g/mol. The summed E-state index contributed by atoms with van der Waals surface area (Å²) in [5.74, 6) is 0.631. The van der Waals surface area contributed by atoms with Gasteiger partial charge in [-0.05, 0) is 56.3 Å². The number of nitrogens with zero attached hydrogens (tertiary/aromatic N) is 2. The van der Waals surface area contributed by atoms with Gasteiger partial charge in [0.25, 0.3) is 5.91 Å². The number of aryl methyl sites for hydroxylation is 1. The number of aromatic nitrogens is 1. The van der Waals surface area contributed by atoms with Crippen LogP contribution in [0.25, 0.3) is 0 Å². The van der Waals surface area contributed by atoms with E-state index < -0.39 is 0 Å². The molecule has 0 spiro atoms. The summed E-state index contributed by atoms with van der Waals surface area (Å²) in [7, 11) is 1.71. The first-order valence-electron chi connectivity index (χ1n) is 8.71. The molecule has 3 rings (SSSR count). The van der Waals surface area contributed by atoms with E-state index in [-0.39, 0.29) is 11.8 Å². The summed E-state index contributed by atoms with van der Waals surface area (Å²) in [5, 5.41) is 2.91. The van der Waals surface area contributed by atoms with Gasteiger partial charge in [0.1, 0.15) is 5.76 Å². The highest BCUT2D eigenvalue weighted by Gasteiger charge is 2.17. The van der Waals surface area contributed by atoms with E-state index >= 15 is 0 Å². The standard InChI is InChI=1S/C21H23N3O3/c1-14-12-20(15(2)24(14)13-19-6-5-11-27-19)21(26)22-17-7-9-18(10-8-17)23(4)16(3)25/h5-12H,13H2,1-4H3,(H,22,26). The molecule has 27 heavy (non-hydrogen) atoms. The number of rotatable bonds is 5. The van der Waals surface area contributed by atoms with Crippen LogP contribution in [0, 0.1) is 13.8 Å². The van der Waals surface area contributed by atoms with E-state index in [1.54, 1.807) is 42.5 Å². The van der Waals surface area contributed by atoms with Crippen molar-refractivity contribution >= 4 is 23.2 Å². The van der Waals surface area contributed by atoms with Crippen LogP contribution < -0.4 is 10.2 Å². The van der Waals surface area contributed by atoms with E-state index in [0.29, 0.717) is 17.8 Å². The third-order valence-corrected chi connectivity index (χ3v) is 4.70. The molecule has 0 radical (unpaired) electrons. The Hall–Kier alpha value is -3.28. The summed E-state index contributed by atoms with van der Waals surface area (Å²) in [6.45, 7) is 5.99. The molecule has 0 bridgehead atoms. The molecule has 0 atom stereocenters. The van der Waals surface area contributed by atoms with Gasteiger partial charge in [-0.15, -0.1) is 0 Å². The summed E-state index contributed by atoms with van der Waals surface area (Å²) in [5.41, 5.74) is 3.96. The highest BCUT2D eigenvalue weighted by molar-refractivity contribution is 6.05.